The van der Waals surface area contributed by atoms with Crippen LogP contribution in [0.15, 0.2) is 65.6 Å². The quantitative estimate of drug-likeness (QED) is 0.517. The van der Waals surface area contributed by atoms with Gasteiger partial charge in [-0.1, -0.05) is 32.0 Å². The molecule has 2 N–H and O–H groups in total. The monoisotopic (exact) mass is 387 g/mol. The Labute approximate surface area is 168 Å². The van der Waals surface area contributed by atoms with Crippen LogP contribution in [0.5, 0.6) is 0 Å². The number of anilines is 3. The molecule has 0 saturated carbocycles. The van der Waals surface area contributed by atoms with E-state index >= 15 is 0 Å². The third kappa shape index (κ3) is 4.08. The molecule has 3 heterocycles. The topological polar surface area (TPSA) is 92.9 Å². The molecule has 0 fully saturated rings. The lowest BCUT2D eigenvalue weighted by Gasteiger charge is -2.12. The SMILES string of the molecule is CC(C)(C)c1cc(NC(=O)c2cccnc2Nc2ccc3ccncc3c2)no1. The van der Waals surface area contributed by atoms with Gasteiger partial charge in [-0.25, -0.2) is 4.98 Å². The summed E-state index contributed by atoms with van der Waals surface area (Å²) in [6.07, 6.45) is 5.19. The Bertz CT molecular complexity index is 1180. The van der Waals surface area contributed by atoms with E-state index in [-0.39, 0.29) is 11.3 Å². The fourth-order valence-electron chi connectivity index (χ4n) is 2.86. The number of amides is 1. The summed E-state index contributed by atoms with van der Waals surface area (Å²) in [7, 11) is 0. The van der Waals surface area contributed by atoms with Crippen LogP contribution in [0.25, 0.3) is 10.8 Å². The van der Waals surface area contributed by atoms with Gasteiger partial charge in [0.25, 0.3) is 5.91 Å². The first-order chi connectivity index (χ1) is 13.9. The highest BCUT2D eigenvalue weighted by Gasteiger charge is 2.21. The van der Waals surface area contributed by atoms with Gasteiger partial charge in [0.15, 0.2) is 5.82 Å². The summed E-state index contributed by atoms with van der Waals surface area (Å²) in [6.45, 7) is 6.05. The van der Waals surface area contributed by atoms with Crippen molar-refractivity contribution >= 4 is 34.0 Å². The number of carbonyl (C=O) groups excluding carboxylic acids is 1. The molecule has 0 aliphatic rings. The van der Waals surface area contributed by atoms with Gasteiger partial charge in [0.2, 0.25) is 0 Å². The van der Waals surface area contributed by atoms with E-state index in [9.17, 15) is 4.79 Å². The highest BCUT2D eigenvalue weighted by atomic mass is 16.5. The molecule has 4 rings (SSSR count). The van der Waals surface area contributed by atoms with Crippen molar-refractivity contribution in [2.75, 3.05) is 10.6 Å². The van der Waals surface area contributed by atoms with Gasteiger partial charge in [-0.05, 0) is 35.7 Å². The lowest BCUT2D eigenvalue weighted by molar-refractivity contribution is 0.102. The first-order valence-electron chi connectivity index (χ1n) is 9.24. The third-order valence-corrected chi connectivity index (χ3v) is 4.45. The molecule has 146 valence electrons. The van der Waals surface area contributed by atoms with Gasteiger partial charge in [0.1, 0.15) is 11.6 Å². The molecule has 3 aromatic heterocycles. The smallest absolute Gasteiger partial charge is 0.260 e. The number of aromatic nitrogens is 3. The Morgan fingerprint density at radius 3 is 2.69 bits per heavy atom. The summed E-state index contributed by atoms with van der Waals surface area (Å²) in [5.74, 6) is 1.19. The largest absolute Gasteiger partial charge is 0.359 e. The molecule has 0 bridgehead atoms. The van der Waals surface area contributed by atoms with Crippen LogP contribution in [0.2, 0.25) is 0 Å². The molecule has 7 heteroatoms. The predicted molar refractivity (Wildman–Crippen MR) is 112 cm³/mol. The van der Waals surface area contributed by atoms with Crippen molar-refractivity contribution in [1.29, 1.82) is 0 Å². The van der Waals surface area contributed by atoms with Crippen LogP contribution in [0.3, 0.4) is 0 Å². The van der Waals surface area contributed by atoms with Crippen molar-refractivity contribution in [3.63, 3.8) is 0 Å². The minimum atomic E-state index is -0.322. The number of fused-ring (bicyclic) bond motifs is 1. The van der Waals surface area contributed by atoms with E-state index in [0.29, 0.717) is 23.0 Å². The van der Waals surface area contributed by atoms with Crippen LogP contribution in [-0.2, 0) is 5.41 Å². The molecule has 0 unspecified atom stereocenters. The van der Waals surface area contributed by atoms with Gasteiger partial charge in [0.05, 0.1) is 5.56 Å². The second-order valence-electron chi connectivity index (χ2n) is 7.74. The summed E-state index contributed by atoms with van der Waals surface area (Å²) in [5.41, 5.74) is 1.02. The standard InChI is InChI=1S/C22H21N5O2/c1-22(2,3)18-12-19(27-29-18)26-21(28)17-5-4-9-24-20(17)25-16-7-6-14-8-10-23-13-15(14)11-16/h4-13H,1-3H3,(H,24,25)(H,26,27,28). The van der Waals surface area contributed by atoms with E-state index < -0.39 is 0 Å². The van der Waals surface area contributed by atoms with E-state index in [4.69, 9.17) is 4.52 Å². The molecule has 29 heavy (non-hydrogen) atoms. The minimum Gasteiger partial charge on any atom is -0.359 e. The van der Waals surface area contributed by atoms with Gasteiger partial charge in [-0.3, -0.25) is 9.78 Å². The Hall–Kier alpha value is -3.74. The minimum absolute atomic E-state index is 0.193. The fraction of sp³-hybridized carbons (Fsp3) is 0.182. The zero-order valence-corrected chi connectivity index (χ0v) is 16.4. The number of benzene rings is 1. The van der Waals surface area contributed by atoms with E-state index in [2.05, 4.69) is 25.8 Å². The second kappa shape index (κ2) is 7.35. The Morgan fingerprint density at radius 1 is 1.03 bits per heavy atom. The lowest BCUT2D eigenvalue weighted by Crippen LogP contribution is -2.15. The molecule has 0 aliphatic carbocycles. The normalized spacial score (nSPS) is 11.4. The lowest BCUT2D eigenvalue weighted by atomic mass is 9.93. The maximum atomic E-state index is 12.8. The molecule has 0 atom stereocenters. The van der Waals surface area contributed by atoms with Crippen molar-refractivity contribution in [3.05, 3.63) is 72.4 Å². The van der Waals surface area contributed by atoms with E-state index in [1.807, 2.05) is 45.0 Å². The van der Waals surface area contributed by atoms with Gasteiger partial charge >= 0.3 is 0 Å². The summed E-state index contributed by atoms with van der Waals surface area (Å²) < 4.78 is 5.33. The van der Waals surface area contributed by atoms with Crippen LogP contribution in [0, 0.1) is 0 Å². The second-order valence-corrected chi connectivity index (χ2v) is 7.74. The van der Waals surface area contributed by atoms with Crippen molar-refractivity contribution in [2.24, 2.45) is 0 Å². The first kappa shape index (κ1) is 18.6. The van der Waals surface area contributed by atoms with Crippen molar-refractivity contribution in [2.45, 2.75) is 26.2 Å². The molecular weight excluding hydrogens is 366 g/mol. The average Bonchev–Trinajstić information content (AvgIpc) is 3.17. The fourth-order valence-corrected chi connectivity index (χ4v) is 2.86. The molecule has 0 spiro atoms. The van der Waals surface area contributed by atoms with Gasteiger partial charge in [-0.2, -0.15) is 0 Å². The van der Waals surface area contributed by atoms with Crippen LogP contribution >= 0.6 is 0 Å². The predicted octanol–water partition coefficient (Wildman–Crippen LogP) is 4.91. The van der Waals surface area contributed by atoms with E-state index in [1.54, 1.807) is 36.8 Å². The maximum Gasteiger partial charge on any atom is 0.260 e. The molecule has 0 aliphatic heterocycles. The van der Waals surface area contributed by atoms with Crippen LogP contribution in [0.1, 0.15) is 36.9 Å². The first-order valence-corrected chi connectivity index (χ1v) is 9.24. The molecule has 0 saturated heterocycles. The number of hydrogen-bond acceptors (Lipinski definition) is 6. The Balaban J connectivity index is 1.57. The molecular formula is C22H21N5O2. The number of carbonyl (C=O) groups is 1. The molecule has 7 nitrogen and oxygen atoms in total. The number of pyridine rings is 2. The summed E-state index contributed by atoms with van der Waals surface area (Å²) >= 11 is 0. The molecule has 1 amide bonds. The van der Waals surface area contributed by atoms with Gasteiger partial charge < -0.3 is 15.2 Å². The number of rotatable bonds is 4. The summed E-state index contributed by atoms with van der Waals surface area (Å²) in [5, 5.41) is 12.0. The van der Waals surface area contributed by atoms with E-state index in [0.717, 1.165) is 16.5 Å². The Morgan fingerprint density at radius 2 is 1.90 bits per heavy atom. The average molecular weight is 387 g/mol. The van der Waals surface area contributed by atoms with Gasteiger partial charge in [0, 0.05) is 41.1 Å². The van der Waals surface area contributed by atoms with Crippen molar-refractivity contribution in [3.8, 4) is 0 Å². The molecule has 0 radical (unpaired) electrons. The molecule has 4 aromatic rings. The third-order valence-electron chi connectivity index (χ3n) is 4.45. The van der Waals surface area contributed by atoms with Crippen molar-refractivity contribution < 1.29 is 9.32 Å². The van der Waals surface area contributed by atoms with Crippen molar-refractivity contribution in [1.82, 2.24) is 15.1 Å². The van der Waals surface area contributed by atoms with E-state index in [1.165, 1.54) is 0 Å². The Kier molecular flexibility index (Phi) is 4.72. The summed E-state index contributed by atoms with van der Waals surface area (Å²) in [4.78, 5) is 21.3. The zero-order chi connectivity index (χ0) is 20.4. The summed E-state index contributed by atoms with van der Waals surface area (Å²) in [6, 6.07) is 13.0. The number of nitrogens with one attached hydrogen (secondary N) is 2. The highest BCUT2D eigenvalue weighted by molar-refractivity contribution is 6.07. The highest BCUT2D eigenvalue weighted by Crippen LogP contribution is 2.26. The van der Waals surface area contributed by atoms with Gasteiger partial charge in [-0.15, -0.1) is 0 Å². The van der Waals surface area contributed by atoms with Crippen LogP contribution < -0.4 is 10.6 Å². The molecule has 1 aromatic carbocycles. The maximum absolute atomic E-state index is 12.8. The van der Waals surface area contributed by atoms with Crippen LogP contribution in [-0.4, -0.2) is 21.0 Å². The number of hydrogen-bond donors (Lipinski definition) is 2. The number of nitrogens with zero attached hydrogens (tertiary/aromatic N) is 3. The van der Waals surface area contributed by atoms with Crippen LogP contribution in [0.4, 0.5) is 17.3 Å². The zero-order valence-electron chi connectivity index (χ0n) is 16.4.